The van der Waals surface area contributed by atoms with E-state index in [1.165, 1.54) is 0 Å². The van der Waals surface area contributed by atoms with Gasteiger partial charge in [0.25, 0.3) is 0 Å². The fourth-order valence-corrected chi connectivity index (χ4v) is 2.22. The Morgan fingerprint density at radius 1 is 1.55 bits per heavy atom. The number of hydrogen-bond donors (Lipinski definition) is 2. The lowest BCUT2D eigenvalue weighted by molar-refractivity contribution is -0.144. The number of carboxylic acids is 1. The number of rotatable bonds is 1. The Hall–Kier alpha value is -0.280. The zero-order valence-corrected chi connectivity index (χ0v) is 6.93. The van der Waals surface area contributed by atoms with E-state index >= 15 is 0 Å². The van der Waals surface area contributed by atoms with Gasteiger partial charge in [-0.1, -0.05) is 0 Å². The molecule has 2 aliphatic carbocycles. The van der Waals surface area contributed by atoms with Crippen LogP contribution in [0.15, 0.2) is 0 Å². The van der Waals surface area contributed by atoms with Gasteiger partial charge in [0.05, 0.1) is 5.41 Å². The van der Waals surface area contributed by atoms with E-state index in [-0.39, 0.29) is 18.4 Å². The molecule has 0 spiro atoms. The average molecular weight is 178 g/mol. The Labute approximate surface area is 71.4 Å². The molecule has 4 heteroatoms. The van der Waals surface area contributed by atoms with Crippen LogP contribution in [0.2, 0.25) is 0 Å². The third-order valence-electron chi connectivity index (χ3n) is 3.04. The first kappa shape index (κ1) is 8.81. The van der Waals surface area contributed by atoms with Crippen LogP contribution in [0.3, 0.4) is 0 Å². The standard InChI is InChI=1S/C7H11NO2.ClH/c8-5-2-1-4-3-7(4,5)6(9)10;/h4-5H,1-3,8H2,(H,9,10);1H. The minimum absolute atomic E-state index is 0. The van der Waals surface area contributed by atoms with Crippen LogP contribution in [-0.2, 0) is 4.79 Å². The van der Waals surface area contributed by atoms with Crippen LogP contribution in [0.1, 0.15) is 19.3 Å². The van der Waals surface area contributed by atoms with Gasteiger partial charge in [-0.2, -0.15) is 0 Å². The fraction of sp³-hybridized carbons (Fsp3) is 0.857. The fourth-order valence-electron chi connectivity index (χ4n) is 2.22. The Balaban J connectivity index is 0.000000605. The van der Waals surface area contributed by atoms with Crippen LogP contribution in [-0.4, -0.2) is 17.1 Å². The van der Waals surface area contributed by atoms with E-state index in [0.29, 0.717) is 5.92 Å². The van der Waals surface area contributed by atoms with Crippen LogP contribution < -0.4 is 5.73 Å². The highest BCUT2D eigenvalue weighted by Gasteiger charge is 2.67. The van der Waals surface area contributed by atoms with Crippen molar-refractivity contribution in [3.05, 3.63) is 0 Å². The summed E-state index contributed by atoms with van der Waals surface area (Å²) in [6.45, 7) is 0. The molecule has 3 N–H and O–H groups in total. The molecule has 64 valence electrons. The number of aliphatic carboxylic acids is 1. The maximum absolute atomic E-state index is 10.7. The van der Waals surface area contributed by atoms with Crippen molar-refractivity contribution in [2.45, 2.75) is 25.3 Å². The highest BCUT2D eigenvalue weighted by atomic mass is 35.5. The summed E-state index contributed by atoms with van der Waals surface area (Å²) >= 11 is 0. The molecule has 2 aliphatic rings. The van der Waals surface area contributed by atoms with Gasteiger partial charge in [0, 0.05) is 6.04 Å². The predicted molar refractivity (Wildman–Crippen MR) is 42.6 cm³/mol. The Kier molecular flexibility index (Phi) is 1.89. The van der Waals surface area contributed by atoms with E-state index in [0.717, 1.165) is 19.3 Å². The predicted octanol–water partition coefficient (Wildman–Crippen LogP) is 0.620. The second-order valence-electron chi connectivity index (χ2n) is 3.43. The van der Waals surface area contributed by atoms with Crippen molar-refractivity contribution in [3.63, 3.8) is 0 Å². The molecule has 0 aromatic rings. The lowest BCUT2D eigenvalue weighted by Crippen LogP contribution is -2.34. The van der Waals surface area contributed by atoms with Crippen molar-refractivity contribution < 1.29 is 9.90 Å². The molecule has 3 atom stereocenters. The summed E-state index contributed by atoms with van der Waals surface area (Å²) in [5, 5.41) is 8.80. The molecule has 0 heterocycles. The summed E-state index contributed by atoms with van der Waals surface area (Å²) in [6.07, 6.45) is 2.74. The number of carbonyl (C=O) groups is 1. The van der Waals surface area contributed by atoms with Gasteiger partial charge in [-0.15, -0.1) is 12.4 Å². The zero-order chi connectivity index (χ0) is 7.35. The smallest absolute Gasteiger partial charge is 0.311 e. The second-order valence-corrected chi connectivity index (χ2v) is 3.43. The molecule has 0 aromatic carbocycles. The molecule has 0 bridgehead atoms. The second kappa shape index (κ2) is 2.35. The molecule has 0 aromatic heterocycles. The van der Waals surface area contributed by atoms with Gasteiger partial charge in [0.15, 0.2) is 0 Å². The summed E-state index contributed by atoms with van der Waals surface area (Å²) in [5.41, 5.74) is 5.19. The Morgan fingerprint density at radius 3 is 2.36 bits per heavy atom. The van der Waals surface area contributed by atoms with E-state index < -0.39 is 11.4 Å². The topological polar surface area (TPSA) is 63.3 Å². The number of hydrogen-bond acceptors (Lipinski definition) is 2. The van der Waals surface area contributed by atoms with Gasteiger partial charge in [-0.05, 0) is 25.2 Å². The van der Waals surface area contributed by atoms with Crippen molar-refractivity contribution in [3.8, 4) is 0 Å². The first-order chi connectivity index (χ1) is 4.68. The van der Waals surface area contributed by atoms with Crippen LogP contribution in [0.25, 0.3) is 0 Å². The van der Waals surface area contributed by atoms with E-state index in [9.17, 15) is 4.79 Å². The van der Waals surface area contributed by atoms with Crippen molar-refractivity contribution in [1.29, 1.82) is 0 Å². The summed E-state index contributed by atoms with van der Waals surface area (Å²) in [4.78, 5) is 10.7. The summed E-state index contributed by atoms with van der Waals surface area (Å²) in [7, 11) is 0. The lowest BCUT2D eigenvalue weighted by Gasteiger charge is -2.12. The Morgan fingerprint density at radius 2 is 2.18 bits per heavy atom. The van der Waals surface area contributed by atoms with E-state index in [2.05, 4.69) is 0 Å². The number of carboxylic acid groups (broad SMARTS) is 1. The van der Waals surface area contributed by atoms with Crippen molar-refractivity contribution in [1.82, 2.24) is 0 Å². The maximum atomic E-state index is 10.7. The molecular weight excluding hydrogens is 166 g/mol. The average Bonchev–Trinajstić information content (AvgIpc) is 2.52. The van der Waals surface area contributed by atoms with E-state index in [1.807, 2.05) is 0 Å². The number of fused-ring (bicyclic) bond motifs is 1. The van der Waals surface area contributed by atoms with Crippen LogP contribution in [0.4, 0.5) is 0 Å². The molecule has 2 fully saturated rings. The SMILES string of the molecule is Cl.NC1CCC2CC12C(=O)O. The summed E-state index contributed by atoms with van der Waals surface area (Å²) < 4.78 is 0. The van der Waals surface area contributed by atoms with E-state index in [1.54, 1.807) is 0 Å². The van der Waals surface area contributed by atoms with Gasteiger partial charge < -0.3 is 10.8 Å². The molecule has 2 saturated carbocycles. The van der Waals surface area contributed by atoms with Crippen molar-refractivity contribution >= 4 is 18.4 Å². The van der Waals surface area contributed by atoms with Crippen LogP contribution in [0, 0.1) is 11.3 Å². The summed E-state index contributed by atoms with van der Waals surface area (Å²) in [5.74, 6) is -0.275. The quantitative estimate of drug-likeness (QED) is 0.617. The normalized spacial score (nSPS) is 45.9. The first-order valence-corrected chi connectivity index (χ1v) is 3.67. The molecule has 0 radical (unpaired) electrons. The highest BCUT2D eigenvalue weighted by Crippen LogP contribution is 2.62. The van der Waals surface area contributed by atoms with E-state index in [4.69, 9.17) is 10.8 Å². The molecular formula is C7H12ClNO2. The monoisotopic (exact) mass is 177 g/mol. The van der Waals surface area contributed by atoms with Crippen molar-refractivity contribution in [2.24, 2.45) is 17.1 Å². The van der Waals surface area contributed by atoms with Gasteiger partial charge in [0.1, 0.15) is 0 Å². The van der Waals surface area contributed by atoms with Gasteiger partial charge in [0.2, 0.25) is 0 Å². The highest BCUT2D eigenvalue weighted by molar-refractivity contribution is 5.85. The zero-order valence-electron chi connectivity index (χ0n) is 6.12. The minimum atomic E-state index is -0.678. The molecule has 2 rings (SSSR count). The Bertz CT molecular complexity index is 197. The van der Waals surface area contributed by atoms with Crippen molar-refractivity contribution in [2.75, 3.05) is 0 Å². The number of nitrogens with two attached hydrogens (primary N) is 1. The first-order valence-electron chi connectivity index (χ1n) is 3.67. The minimum Gasteiger partial charge on any atom is -0.481 e. The van der Waals surface area contributed by atoms with Gasteiger partial charge >= 0.3 is 5.97 Å². The maximum Gasteiger partial charge on any atom is 0.311 e. The largest absolute Gasteiger partial charge is 0.481 e. The molecule has 3 nitrogen and oxygen atoms in total. The molecule has 3 unspecified atom stereocenters. The molecule has 0 saturated heterocycles. The molecule has 11 heavy (non-hydrogen) atoms. The third-order valence-corrected chi connectivity index (χ3v) is 3.04. The lowest BCUT2D eigenvalue weighted by atomic mass is 9.99. The third kappa shape index (κ3) is 0.876. The number of halogens is 1. The van der Waals surface area contributed by atoms with Crippen LogP contribution in [0.5, 0.6) is 0 Å². The summed E-state index contributed by atoms with van der Waals surface area (Å²) in [6, 6.07) is -0.0741. The molecule has 0 aliphatic heterocycles. The van der Waals surface area contributed by atoms with Gasteiger partial charge in [-0.25, -0.2) is 0 Å². The molecule has 0 amide bonds. The van der Waals surface area contributed by atoms with Crippen LogP contribution >= 0.6 is 12.4 Å². The van der Waals surface area contributed by atoms with Gasteiger partial charge in [-0.3, -0.25) is 4.79 Å².